The third kappa shape index (κ3) is 4.15. The number of unbranched alkanes of at least 4 members (excludes halogenated alkanes) is 1. The van der Waals surface area contributed by atoms with Gasteiger partial charge in [-0.15, -0.1) is 5.11 Å². The summed E-state index contributed by atoms with van der Waals surface area (Å²) in [6.45, 7) is 0.927. The van der Waals surface area contributed by atoms with Crippen LogP contribution < -0.4 is 5.32 Å². The number of amidine groups is 1. The molecule has 0 saturated carbocycles. The minimum absolute atomic E-state index is 0.105. The van der Waals surface area contributed by atoms with E-state index in [2.05, 4.69) is 25.6 Å². The molecule has 132 valence electrons. The monoisotopic (exact) mass is 382 g/mol. The van der Waals surface area contributed by atoms with Gasteiger partial charge in [0.25, 0.3) is 5.91 Å². The molecule has 0 saturated heterocycles. The fourth-order valence-corrected chi connectivity index (χ4v) is 2.75. The van der Waals surface area contributed by atoms with Gasteiger partial charge in [-0.25, -0.2) is 4.99 Å². The number of hydrogen-bond acceptors (Lipinski definition) is 6. The van der Waals surface area contributed by atoms with Gasteiger partial charge in [-0.1, -0.05) is 34.5 Å². The summed E-state index contributed by atoms with van der Waals surface area (Å²) in [7, 11) is 0. The van der Waals surface area contributed by atoms with E-state index in [1.807, 2.05) is 0 Å². The van der Waals surface area contributed by atoms with Crippen molar-refractivity contribution in [3.63, 3.8) is 0 Å². The van der Waals surface area contributed by atoms with E-state index in [9.17, 15) is 4.79 Å². The van der Waals surface area contributed by atoms with Crippen LogP contribution in [0.5, 0.6) is 0 Å². The molecule has 1 unspecified atom stereocenters. The van der Waals surface area contributed by atoms with Crippen molar-refractivity contribution in [2.45, 2.75) is 25.4 Å². The number of fused-ring (bicyclic) bond motifs is 1. The van der Waals surface area contributed by atoms with E-state index < -0.39 is 6.04 Å². The van der Waals surface area contributed by atoms with Crippen molar-refractivity contribution >= 4 is 40.9 Å². The Morgan fingerprint density at radius 3 is 2.88 bits per heavy atom. The van der Waals surface area contributed by atoms with Gasteiger partial charge >= 0.3 is 0 Å². The second kappa shape index (κ2) is 7.90. The first-order valence-corrected chi connectivity index (χ1v) is 8.51. The van der Waals surface area contributed by atoms with Crippen LogP contribution in [-0.2, 0) is 11.3 Å². The first kappa shape index (κ1) is 17.8. The van der Waals surface area contributed by atoms with Crippen molar-refractivity contribution in [2.75, 3.05) is 13.2 Å². The molecule has 0 bridgehead atoms. The highest BCUT2D eigenvalue weighted by atomic mass is 35.5. The number of aliphatic hydroxyl groups excluding tert-OH is 1. The zero-order valence-corrected chi connectivity index (χ0v) is 14.7. The van der Waals surface area contributed by atoms with Crippen LogP contribution in [0, 0.1) is 0 Å². The molecular weight excluding hydrogens is 367 g/mol. The number of guanidine groups is 1. The number of aliphatic hydroxyl groups is 1. The fourth-order valence-electron chi connectivity index (χ4n) is 2.43. The number of nitrogens with one attached hydrogen (secondary N) is 1. The second-order valence-corrected chi connectivity index (χ2v) is 6.35. The molecule has 0 fully saturated rings. The third-order valence-electron chi connectivity index (χ3n) is 3.70. The summed E-state index contributed by atoms with van der Waals surface area (Å²) in [4.78, 5) is 20.8. The predicted octanol–water partition coefficient (Wildman–Crippen LogP) is 2.20. The first-order chi connectivity index (χ1) is 12.1. The van der Waals surface area contributed by atoms with E-state index in [0.717, 1.165) is 5.56 Å². The maximum absolute atomic E-state index is 12.3. The van der Waals surface area contributed by atoms with Crippen LogP contribution in [0.1, 0.15) is 18.4 Å². The molecule has 1 atom stereocenters. The molecule has 2 heterocycles. The average Bonchev–Trinajstić information content (AvgIpc) is 3.00. The third-order valence-corrected chi connectivity index (χ3v) is 4.44. The lowest BCUT2D eigenvalue weighted by Gasteiger charge is -2.23. The van der Waals surface area contributed by atoms with Crippen LogP contribution in [-0.4, -0.2) is 47.0 Å². The minimum Gasteiger partial charge on any atom is -0.396 e. The topological polar surface area (TPSA) is 102 Å². The zero-order valence-electron chi connectivity index (χ0n) is 13.2. The number of rotatable bonds is 6. The summed E-state index contributed by atoms with van der Waals surface area (Å²) in [6, 6.07) is 4.57. The Bertz CT molecular complexity index is 764. The van der Waals surface area contributed by atoms with Crippen LogP contribution in [0.2, 0.25) is 10.0 Å². The van der Waals surface area contributed by atoms with E-state index in [1.165, 1.54) is 0 Å². The van der Waals surface area contributed by atoms with Gasteiger partial charge < -0.3 is 5.11 Å². The number of carbonyl (C=O) groups is 1. The van der Waals surface area contributed by atoms with Gasteiger partial charge in [0.05, 0.1) is 16.6 Å². The predicted molar refractivity (Wildman–Crippen MR) is 94.8 cm³/mol. The van der Waals surface area contributed by atoms with Crippen molar-refractivity contribution in [3.05, 3.63) is 33.8 Å². The van der Waals surface area contributed by atoms with Crippen LogP contribution in [0.3, 0.4) is 0 Å². The van der Waals surface area contributed by atoms with Crippen LogP contribution >= 0.6 is 23.2 Å². The maximum Gasteiger partial charge on any atom is 0.259 e. The van der Waals surface area contributed by atoms with Crippen molar-refractivity contribution in [1.82, 2.24) is 10.3 Å². The zero-order chi connectivity index (χ0) is 17.8. The molecular formula is C15H16Cl2N6O2. The lowest BCUT2D eigenvalue weighted by Crippen LogP contribution is -2.51. The van der Waals surface area contributed by atoms with E-state index in [1.54, 1.807) is 23.2 Å². The molecule has 25 heavy (non-hydrogen) atoms. The maximum atomic E-state index is 12.3. The molecule has 1 amide bonds. The molecule has 1 aromatic carbocycles. The van der Waals surface area contributed by atoms with Crippen molar-refractivity contribution in [2.24, 2.45) is 20.3 Å². The standard InChI is InChI=1S/C15H16Cl2N6O2/c16-10-4-3-9(7-11(10)17)8-18-15-19-13-12(14(25)20-15)23(22-21-13)5-1-2-6-24/h3-4,7,12,24H,1-2,5-6,8H2,(H,18,20,25). The summed E-state index contributed by atoms with van der Waals surface area (Å²) >= 11 is 11.9. The lowest BCUT2D eigenvalue weighted by atomic mass is 10.2. The number of hydrogen-bond donors (Lipinski definition) is 2. The number of amides is 1. The Labute approximate surface area is 154 Å². The normalized spacial score (nSPS) is 20.7. The smallest absolute Gasteiger partial charge is 0.259 e. The Balaban J connectivity index is 1.69. The number of carbonyl (C=O) groups excluding carboxylic acids is 1. The molecule has 8 nitrogen and oxygen atoms in total. The molecule has 2 aliphatic heterocycles. The molecule has 2 aliphatic rings. The van der Waals surface area contributed by atoms with E-state index in [-0.39, 0.29) is 18.5 Å². The van der Waals surface area contributed by atoms with E-state index in [4.69, 9.17) is 28.3 Å². The van der Waals surface area contributed by atoms with Crippen LogP contribution in [0.4, 0.5) is 0 Å². The van der Waals surface area contributed by atoms with E-state index in [0.29, 0.717) is 41.8 Å². The van der Waals surface area contributed by atoms with Gasteiger partial charge in [0.1, 0.15) is 0 Å². The second-order valence-electron chi connectivity index (χ2n) is 5.53. The highest BCUT2D eigenvalue weighted by molar-refractivity contribution is 6.42. The van der Waals surface area contributed by atoms with Crippen LogP contribution in [0.25, 0.3) is 0 Å². The molecule has 0 aliphatic carbocycles. The summed E-state index contributed by atoms with van der Waals surface area (Å²) in [5.41, 5.74) is 0.845. The van der Waals surface area contributed by atoms with E-state index >= 15 is 0 Å². The fraction of sp³-hybridized carbons (Fsp3) is 0.400. The summed E-state index contributed by atoms with van der Waals surface area (Å²) < 4.78 is 0. The molecule has 2 N–H and O–H groups in total. The first-order valence-electron chi connectivity index (χ1n) is 7.75. The van der Waals surface area contributed by atoms with Crippen molar-refractivity contribution in [3.8, 4) is 0 Å². The Morgan fingerprint density at radius 2 is 2.12 bits per heavy atom. The summed E-state index contributed by atoms with van der Waals surface area (Å²) in [6.07, 6.45) is 1.36. The Kier molecular flexibility index (Phi) is 5.62. The molecule has 0 spiro atoms. The highest BCUT2D eigenvalue weighted by Crippen LogP contribution is 2.23. The van der Waals surface area contributed by atoms with Crippen molar-refractivity contribution < 1.29 is 9.90 Å². The SMILES string of the molecule is O=C1NC(=NCc2ccc(Cl)c(Cl)c2)N=C2N=NN(CCCCO)C12. The van der Waals surface area contributed by atoms with Gasteiger partial charge in [-0.2, -0.15) is 4.99 Å². The van der Waals surface area contributed by atoms with Gasteiger partial charge in [0.2, 0.25) is 5.96 Å². The summed E-state index contributed by atoms with van der Waals surface area (Å²) in [5, 5.41) is 21.9. The van der Waals surface area contributed by atoms with Crippen LogP contribution in [0.15, 0.2) is 38.5 Å². The quantitative estimate of drug-likeness (QED) is 0.737. The molecule has 3 rings (SSSR count). The molecule has 0 aromatic heterocycles. The Morgan fingerprint density at radius 1 is 1.28 bits per heavy atom. The number of halogens is 2. The van der Waals surface area contributed by atoms with Gasteiger partial charge in [-0.3, -0.25) is 15.1 Å². The van der Waals surface area contributed by atoms with Gasteiger partial charge in [0, 0.05) is 13.2 Å². The molecule has 0 radical (unpaired) electrons. The number of nitrogens with zero attached hydrogens (tertiary/aromatic N) is 5. The summed E-state index contributed by atoms with van der Waals surface area (Å²) in [5.74, 6) is 0.242. The van der Waals surface area contributed by atoms with Gasteiger partial charge in [-0.05, 0) is 30.5 Å². The number of benzene rings is 1. The molecule has 1 aromatic rings. The number of aliphatic imine (C=N–C) groups is 2. The van der Waals surface area contributed by atoms with Gasteiger partial charge in [0.15, 0.2) is 11.9 Å². The lowest BCUT2D eigenvalue weighted by molar-refractivity contribution is -0.122. The minimum atomic E-state index is -0.636. The molecule has 10 heteroatoms. The highest BCUT2D eigenvalue weighted by Gasteiger charge is 2.39. The Hall–Kier alpha value is -2.03. The largest absolute Gasteiger partial charge is 0.396 e. The van der Waals surface area contributed by atoms with Crippen molar-refractivity contribution in [1.29, 1.82) is 0 Å². The average molecular weight is 383 g/mol.